The summed E-state index contributed by atoms with van der Waals surface area (Å²) in [6.07, 6.45) is 1.29. The molecule has 0 N–H and O–H groups in total. The second-order valence-corrected chi connectivity index (χ2v) is 4.68. The second kappa shape index (κ2) is 5.25. The number of imidazole rings is 1. The van der Waals surface area contributed by atoms with Crippen LogP contribution in [0.25, 0.3) is 5.69 Å². The molecule has 1 aliphatic heterocycles. The Morgan fingerprint density at radius 1 is 1.55 bits per heavy atom. The Kier molecular flexibility index (Phi) is 2.61. The van der Waals surface area contributed by atoms with Crippen LogP contribution >= 0.6 is 0 Å². The van der Waals surface area contributed by atoms with Crippen LogP contribution in [0, 0.1) is 5.82 Å². The first-order valence-corrected chi connectivity index (χ1v) is 6.59. The van der Waals surface area contributed by atoms with Gasteiger partial charge < -0.3 is 9.64 Å². The van der Waals surface area contributed by atoms with E-state index < -0.39 is 24.7 Å². The van der Waals surface area contributed by atoms with Crippen molar-refractivity contribution in [1.82, 2.24) is 14.5 Å². The molecule has 114 valence electrons. The lowest BCUT2D eigenvalue weighted by Crippen LogP contribution is -2.26. The standard InChI is InChI=1S/C15H14FN3O3/c1-3-22-15(21)13-12-7-18(2)14(20)10-6-9(16)4-5-11(10)19(12)8-17-13/h4-6,8H,3,7H2,1-2H3/i2+1D3. The molecule has 2 aromatic rings. The van der Waals surface area contributed by atoms with E-state index in [1.165, 1.54) is 17.0 Å². The molecule has 0 radical (unpaired) electrons. The van der Waals surface area contributed by atoms with Crippen LogP contribution in [-0.4, -0.2) is 39.9 Å². The number of hydrogen-bond acceptors (Lipinski definition) is 4. The topological polar surface area (TPSA) is 64.4 Å². The van der Waals surface area contributed by atoms with E-state index in [-0.39, 0.29) is 35.8 Å². The number of esters is 1. The van der Waals surface area contributed by atoms with E-state index in [2.05, 4.69) is 4.98 Å². The number of carbonyl (C=O) groups excluding carboxylic acids is 2. The van der Waals surface area contributed by atoms with Crippen LogP contribution in [0.15, 0.2) is 24.5 Å². The Balaban J connectivity index is 2.24. The van der Waals surface area contributed by atoms with Gasteiger partial charge in [0.25, 0.3) is 5.91 Å². The fourth-order valence-electron chi connectivity index (χ4n) is 2.36. The molecular weight excluding hydrogens is 290 g/mol. The van der Waals surface area contributed by atoms with Crippen LogP contribution in [0.1, 0.15) is 37.6 Å². The van der Waals surface area contributed by atoms with Crippen LogP contribution in [0.2, 0.25) is 0 Å². The first-order valence-electron chi connectivity index (χ1n) is 8.09. The molecule has 0 saturated carbocycles. The third-order valence-corrected chi connectivity index (χ3v) is 3.34. The Labute approximate surface area is 130 Å². The third-order valence-electron chi connectivity index (χ3n) is 3.34. The summed E-state index contributed by atoms with van der Waals surface area (Å²) in [5, 5.41) is 0. The second-order valence-electron chi connectivity index (χ2n) is 4.68. The molecule has 22 heavy (non-hydrogen) atoms. The third kappa shape index (κ3) is 2.14. The number of benzene rings is 1. The van der Waals surface area contributed by atoms with Gasteiger partial charge in [0, 0.05) is 11.1 Å². The van der Waals surface area contributed by atoms with Crippen molar-refractivity contribution in [2.45, 2.75) is 13.5 Å². The van der Waals surface area contributed by atoms with Crippen molar-refractivity contribution >= 4 is 11.9 Å². The molecule has 0 unspecified atom stereocenters. The highest BCUT2D eigenvalue weighted by Crippen LogP contribution is 2.26. The number of aromatic nitrogens is 2. The SMILES string of the molecule is [2H][13C]([2H])([2H])N1Cc2c(C(=O)OCC)ncn2-c2ccc(F)cc2C1=O. The Bertz CT molecular complexity index is 863. The Hall–Kier alpha value is -2.70. The van der Waals surface area contributed by atoms with Crippen LogP contribution in [0.4, 0.5) is 4.39 Å². The van der Waals surface area contributed by atoms with Crippen LogP contribution in [-0.2, 0) is 11.3 Å². The molecule has 0 atom stereocenters. The number of hydrogen-bond donors (Lipinski definition) is 0. The van der Waals surface area contributed by atoms with Crippen LogP contribution in [0.3, 0.4) is 0 Å². The normalized spacial score (nSPS) is 16.0. The molecule has 0 spiro atoms. The Morgan fingerprint density at radius 3 is 3.09 bits per heavy atom. The minimum Gasteiger partial charge on any atom is -0.461 e. The van der Waals surface area contributed by atoms with Gasteiger partial charge in [-0.15, -0.1) is 0 Å². The van der Waals surface area contributed by atoms with Gasteiger partial charge in [0.15, 0.2) is 5.69 Å². The number of halogens is 1. The Morgan fingerprint density at radius 2 is 2.36 bits per heavy atom. The molecule has 0 bridgehead atoms. The predicted octanol–water partition coefficient (Wildman–Crippen LogP) is 1.77. The molecule has 7 heteroatoms. The fraction of sp³-hybridized carbons (Fsp3) is 0.267. The molecule has 1 amide bonds. The van der Waals surface area contributed by atoms with Crippen molar-refractivity contribution < 1.29 is 22.8 Å². The van der Waals surface area contributed by atoms with Gasteiger partial charge >= 0.3 is 5.97 Å². The summed E-state index contributed by atoms with van der Waals surface area (Å²) in [6.45, 7) is -1.41. The number of amides is 1. The highest BCUT2D eigenvalue weighted by atomic mass is 19.1. The lowest BCUT2D eigenvalue weighted by atomic mass is 10.1. The van der Waals surface area contributed by atoms with Gasteiger partial charge in [-0.25, -0.2) is 14.2 Å². The van der Waals surface area contributed by atoms with Gasteiger partial charge in [-0.05, 0) is 25.1 Å². The summed E-state index contributed by atoms with van der Waals surface area (Å²) in [4.78, 5) is 29.3. The quantitative estimate of drug-likeness (QED) is 0.626. The smallest absolute Gasteiger partial charge is 0.358 e. The summed E-state index contributed by atoms with van der Waals surface area (Å²) in [5.41, 5.74) is 0.230. The monoisotopic (exact) mass is 307 g/mol. The number of ether oxygens (including phenoxy) is 1. The zero-order valence-corrected chi connectivity index (χ0v) is 11.7. The van der Waals surface area contributed by atoms with Gasteiger partial charge in [-0.1, -0.05) is 0 Å². The van der Waals surface area contributed by atoms with E-state index in [0.29, 0.717) is 4.90 Å². The van der Waals surface area contributed by atoms with E-state index in [9.17, 15) is 14.0 Å². The van der Waals surface area contributed by atoms with Gasteiger partial charge in [0.2, 0.25) is 0 Å². The average molecular weight is 307 g/mol. The van der Waals surface area contributed by atoms with Crippen molar-refractivity contribution in [1.29, 1.82) is 0 Å². The molecule has 1 aliphatic rings. The highest BCUT2D eigenvalue weighted by molar-refractivity contribution is 5.99. The summed E-state index contributed by atoms with van der Waals surface area (Å²) in [5.74, 6) is -2.25. The number of carbonyl (C=O) groups is 2. The van der Waals surface area contributed by atoms with E-state index >= 15 is 0 Å². The van der Waals surface area contributed by atoms with Crippen molar-refractivity contribution in [2.75, 3.05) is 13.6 Å². The summed E-state index contributed by atoms with van der Waals surface area (Å²) in [7, 11) is 0. The lowest BCUT2D eigenvalue weighted by molar-refractivity contribution is 0.0516. The summed E-state index contributed by atoms with van der Waals surface area (Å²) in [6, 6.07) is 3.45. The number of nitrogens with zero attached hydrogens (tertiary/aromatic N) is 3. The average Bonchev–Trinajstić information content (AvgIpc) is 2.89. The lowest BCUT2D eigenvalue weighted by Gasteiger charge is -2.14. The molecule has 0 saturated heterocycles. The van der Waals surface area contributed by atoms with Crippen LogP contribution in [0.5, 0.6) is 0 Å². The first kappa shape index (κ1) is 10.9. The fourth-order valence-corrected chi connectivity index (χ4v) is 2.36. The maximum atomic E-state index is 13.6. The van der Waals surface area contributed by atoms with Crippen molar-refractivity contribution in [3.05, 3.63) is 47.3 Å². The first-order chi connectivity index (χ1) is 11.7. The maximum Gasteiger partial charge on any atom is 0.358 e. The molecule has 0 aliphatic carbocycles. The zero-order chi connectivity index (χ0) is 18.4. The minimum atomic E-state index is -2.77. The molecule has 2 heterocycles. The van der Waals surface area contributed by atoms with Gasteiger partial charge in [-0.2, -0.15) is 0 Å². The van der Waals surface area contributed by atoms with E-state index in [1.54, 1.807) is 6.92 Å². The van der Waals surface area contributed by atoms with Crippen molar-refractivity contribution in [3.8, 4) is 5.69 Å². The molecule has 1 aromatic carbocycles. The minimum absolute atomic E-state index is 0.0823. The van der Waals surface area contributed by atoms with Gasteiger partial charge in [0.05, 0.1) is 30.1 Å². The summed E-state index contributed by atoms with van der Waals surface area (Å²) < 4.78 is 42.8. The van der Waals surface area contributed by atoms with Gasteiger partial charge in [-0.3, -0.25) is 9.36 Å². The highest BCUT2D eigenvalue weighted by Gasteiger charge is 2.29. The number of fused-ring (bicyclic) bond motifs is 3. The van der Waals surface area contributed by atoms with Gasteiger partial charge in [0.1, 0.15) is 12.1 Å². The summed E-state index contributed by atoms with van der Waals surface area (Å²) >= 11 is 0. The predicted molar refractivity (Wildman–Crippen MR) is 75.3 cm³/mol. The maximum absolute atomic E-state index is 13.6. The largest absolute Gasteiger partial charge is 0.461 e. The molecule has 0 fully saturated rings. The van der Waals surface area contributed by atoms with Crippen molar-refractivity contribution in [2.24, 2.45) is 0 Å². The molecule has 3 rings (SSSR count). The molecular formula is C15H14FN3O3. The van der Waals surface area contributed by atoms with Crippen LogP contribution < -0.4 is 0 Å². The molecule has 1 aromatic heterocycles. The zero-order valence-electron chi connectivity index (χ0n) is 14.7. The van der Waals surface area contributed by atoms with E-state index in [0.717, 1.165) is 12.1 Å². The number of rotatable bonds is 2. The van der Waals surface area contributed by atoms with Crippen molar-refractivity contribution in [3.63, 3.8) is 0 Å². The van der Waals surface area contributed by atoms with E-state index in [4.69, 9.17) is 8.85 Å². The van der Waals surface area contributed by atoms with E-state index in [1.807, 2.05) is 0 Å². The molecule has 6 nitrogen and oxygen atoms in total.